The first-order valence-corrected chi connectivity index (χ1v) is 6.43. The maximum absolute atomic E-state index is 10.2. The van der Waals surface area contributed by atoms with Crippen LogP contribution in [0.1, 0.15) is 15.9 Å². The van der Waals surface area contributed by atoms with Crippen molar-refractivity contribution in [2.45, 2.75) is 6.61 Å². The van der Waals surface area contributed by atoms with Crippen LogP contribution in [0.25, 0.3) is 0 Å². The smallest absolute Gasteiger partial charge is 0.497 e. The van der Waals surface area contributed by atoms with Gasteiger partial charge in [0.05, 0.1) is 20.8 Å². The summed E-state index contributed by atoms with van der Waals surface area (Å²) in [7, 11) is 3.21. The molecule has 0 saturated heterocycles. The van der Waals surface area contributed by atoms with Crippen LogP contribution < -0.4 is 9.47 Å². The molecule has 0 bridgehead atoms. The van der Waals surface area contributed by atoms with Crippen molar-refractivity contribution in [2.24, 2.45) is 0 Å². The third-order valence-corrected chi connectivity index (χ3v) is 2.59. The molecule has 0 atom stereocenters. The largest absolute Gasteiger partial charge is 3.00 e. The normalized spacial score (nSPS) is 6.89. The monoisotopic (exact) mass is 720 g/mol. The van der Waals surface area contributed by atoms with Gasteiger partial charge in [0.15, 0.2) is 0 Å². The van der Waals surface area contributed by atoms with Gasteiger partial charge in [-0.3, -0.25) is 15.3 Å². The summed E-state index contributed by atoms with van der Waals surface area (Å²) < 4.78 is 9.83. The molecule has 10 heteroatoms. The second-order valence-corrected chi connectivity index (χ2v) is 3.90. The van der Waals surface area contributed by atoms with Gasteiger partial charge in [0.25, 0.3) is 0 Å². The van der Waals surface area contributed by atoms with Gasteiger partial charge in [-0.25, -0.2) is 0 Å². The fraction of sp³-hybridized carbons (Fsp3) is 0.167. The number of aldehydes is 1. The molecule has 0 fully saturated rings. The molecule has 172 valence electrons. The molecule has 0 saturated carbocycles. The summed E-state index contributed by atoms with van der Waals surface area (Å²) in [5, 5.41) is 20.7. The van der Waals surface area contributed by atoms with E-state index in [-0.39, 0.29) is 95.2 Å². The van der Waals surface area contributed by atoms with Crippen LogP contribution >= 0.6 is 0 Å². The van der Waals surface area contributed by atoms with Crippen molar-refractivity contribution in [1.82, 2.24) is 0 Å². The van der Waals surface area contributed by atoms with Gasteiger partial charge in [-0.1, -0.05) is 12.1 Å². The molecular weight excluding hydrogens is 694 g/mol. The molecule has 0 aliphatic rings. The number of aliphatic hydroxyl groups is 1. The van der Waals surface area contributed by atoms with Crippen molar-refractivity contribution in [1.29, 1.82) is 0 Å². The maximum Gasteiger partial charge on any atom is 3.00 e. The SMILES string of the molecule is COc1ccc(C=O)cc1.COc1ccc(CO)cc1.O=O.OO.[CH3-].[CH3-].[Lu+3].[Lu+3]. The van der Waals surface area contributed by atoms with E-state index < -0.39 is 0 Å². The zero-order chi connectivity index (χ0) is 18.8. The third kappa shape index (κ3) is 20.4. The molecule has 3 N–H and O–H groups in total. The number of ether oxygens (including phenoxy) is 2. The molecule has 0 spiro atoms. The van der Waals surface area contributed by atoms with E-state index in [1.165, 1.54) is 0 Å². The molecule has 2 aromatic carbocycles. The average Bonchev–Trinajstić information content (AvgIpc) is 2.71. The zero-order valence-corrected chi connectivity index (χ0v) is 19.1. The molecule has 0 radical (unpaired) electrons. The number of rotatable bonds is 4. The number of aliphatic hydroxyl groups excluding tert-OH is 1. The standard InChI is InChI=1S/C8H10O2.C8H8O2.2CH3.2Lu.H2O2.O2/c2*1-10-8-4-2-7(6-9)3-5-8;;;;;2*1-2/h2-5,9H,6H2,1H3;2-6H,1H3;2*1H3;;;1-2H;/q;;2*-1;2*+3;;. The van der Waals surface area contributed by atoms with Gasteiger partial charge in [0, 0.05) is 15.5 Å². The topological polar surface area (TPSA) is 130 Å². The van der Waals surface area contributed by atoms with Crippen LogP contribution in [0, 0.1) is 98.5 Å². The van der Waals surface area contributed by atoms with Gasteiger partial charge >= 0.3 is 73.7 Å². The number of hydrogen-bond donors (Lipinski definition) is 3. The van der Waals surface area contributed by atoms with E-state index in [4.69, 9.17) is 35.0 Å². The Labute approximate surface area is 224 Å². The fourth-order valence-electron chi connectivity index (χ4n) is 1.41. The molecule has 2 rings (SSSR count). The van der Waals surface area contributed by atoms with Crippen molar-refractivity contribution in [3.8, 4) is 11.5 Å². The first-order chi connectivity index (χ1) is 11.7. The minimum Gasteiger partial charge on any atom is -0.497 e. The van der Waals surface area contributed by atoms with E-state index in [9.17, 15) is 4.79 Å². The maximum atomic E-state index is 10.2. The van der Waals surface area contributed by atoms with E-state index in [1.54, 1.807) is 38.5 Å². The van der Waals surface area contributed by atoms with E-state index >= 15 is 0 Å². The summed E-state index contributed by atoms with van der Waals surface area (Å²) in [5.41, 5.74) is 1.57. The van der Waals surface area contributed by atoms with Gasteiger partial charge in [-0.15, -0.1) is 0 Å². The molecule has 0 aliphatic carbocycles. The molecule has 0 heterocycles. The Bertz CT molecular complexity index is 513. The van der Waals surface area contributed by atoms with Gasteiger partial charge < -0.3 is 29.4 Å². The molecule has 0 aliphatic heterocycles. The van der Waals surface area contributed by atoms with E-state index in [0.29, 0.717) is 5.56 Å². The third-order valence-electron chi connectivity index (χ3n) is 2.59. The van der Waals surface area contributed by atoms with Crippen molar-refractivity contribution >= 4 is 6.29 Å². The number of hydrogen-bond acceptors (Lipinski definition) is 8. The summed E-state index contributed by atoms with van der Waals surface area (Å²) >= 11 is 0. The number of benzene rings is 2. The van der Waals surface area contributed by atoms with Crippen LogP contribution in [-0.2, 0) is 6.61 Å². The average molecular weight is 720 g/mol. The predicted molar refractivity (Wildman–Crippen MR) is 102 cm³/mol. The molecule has 0 unspecified atom stereocenters. The van der Waals surface area contributed by atoms with E-state index in [2.05, 4.69) is 0 Å². The van der Waals surface area contributed by atoms with Gasteiger partial charge in [-0.05, 0) is 42.0 Å². The summed E-state index contributed by atoms with van der Waals surface area (Å²) in [6, 6.07) is 14.2. The van der Waals surface area contributed by atoms with E-state index in [0.717, 1.165) is 23.3 Å². The van der Waals surface area contributed by atoms with Crippen LogP contribution in [0.5, 0.6) is 11.5 Å². The summed E-state index contributed by atoms with van der Waals surface area (Å²) in [6.07, 6.45) is 0.805. The summed E-state index contributed by atoms with van der Waals surface area (Å²) in [4.78, 5) is 24.2. The van der Waals surface area contributed by atoms with Crippen LogP contribution in [0.2, 0.25) is 0 Å². The fourth-order valence-corrected chi connectivity index (χ4v) is 1.41. The van der Waals surface area contributed by atoms with Crippen molar-refractivity contribution in [2.75, 3.05) is 14.2 Å². The van der Waals surface area contributed by atoms with Gasteiger partial charge in [-0.2, -0.15) is 0 Å². The quantitative estimate of drug-likeness (QED) is 0.189. The number of carbonyl (C=O) groups excluding carboxylic acids is 1. The Morgan fingerprint density at radius 3 is 1.36 bits per heavy atom. The molecular formula is C18H26Lu2O8+4. The first-order valence-electron chi connectivity index (χ1n) is 6.43. The predicted octanol–water partition coefficient (Wildman–Crippen LogP) is 3.68. The Hall–Kier alpha value is -0.342. The van der Waals surface area contributed by atoms with Crippen LogP contribution in [0.4, 0.5) is 0 Å². The van der Waals surface area contributed by atoms with E-state index in [1.807, 2.05) is 24.3 Å². The number of methoxy groups -OCH3 is 2. The minimum absolute atomic E-state index is 0. The van der Waals surface area contributed by atoms with Crippen LogP contribution in [0.3, 0.4) is 0 Å². The molecule has 0 amide bonds. The molecule has 2 aromatic rings. The Balaban J connectivity index is -0.0000000653. The van der Waals surface area contributed by atoms with Crippen molar-refractivity contribution < 1.29 is 104 Å². The molecule has 8 nitrogen and oxygen atoms in total. The molecule has 0 aromatic heterocycles. The second kappa shape index (κ2) is 31.4. The Morgan fingerprint density at radius 1 is 0.786 bits per heavy atom. The zero-order valence-electron chi connectivity index (χ0n) is 15.8. The van der Waals surface area contributed by atoms with Crippen molar-refractivity contribution in [3.63, 3.8) is 0 Å². The summed E-state index contributed by atoms with van der Waals surface area (Å²) in [6.45, 7) is 0.0873. The Kier molecular flexibility index (Phi) is 46.9. The number of carbonyl (C=O) groups is 1. The first kappa shape index (κ1) is 41.9. The van der Waals surface area contributed by atoms with Gasteiger partial charge in [0.1, 0.15) is 17.8 Å². The minimum atomic E-state index is 0. The molecule has 28 heavy (non-hydrogen) atoms. The van der Waals surface area contributed by atoms with Crippen molar-refractivity contribution in [3.05, 3.63) is 84.4 Å². The summed E-state index contributed by atoms with van der Waals surface area (Å²) in [5.74, 6) is 1.59. The van der Waals surface area contributed by atoms with Crippen LogP contribution in [0.15, 0.2) is 48.5 Å². The second-order valence-electron chi connectivity index (χ2n) is 3.90. The van der Waals surface area contributed by atoms with Crippen LogP contribution in [-0.4, -0.2) is 36.1 Å². The van der Waals surface area contributed by atoms with Gasteiger partial charge in [0.2, 0.25) is 0 Å². The Morgan fingerprint density at radius 2 is 1.11 bits per heavy atom.